The van der Waals surface area contributed by atoms with Crippen molar-refractivity contribution in [3.8, 4) is 0 Å². The zero-order valence-electron chi connectivity index (χ0n) is 8.74. The van der Waals surface area contributed by atoms with Crippen LogP contribution in [-0.4, -0.2) is 31.3 Å². The van der Waals surface area contributed by atoms with E-state index in [1.165, 1.54) is 4.80 Å². The molecule has 1 N–H and O–H groups in total. The molecule has 0 bridgehead atoms. The molecule has 0 aliphatic rings. The summed E-state index contributed by atoms with van der Waals surface area (Å²) in [5.74, 6) is -1.46. The fraction of sp³-hybridized carbons (Fsp3) is 0.111. The van der Waals surface area contributed by atoms with Gasteiger partial charge in [0.05, 0.1) is 6.54 Å². The maximum Gasteiger partial charge on any atom is 1.00 e. The van der Waals surface area contributed by atoms with E-state index in [4.69, 9.17) is 5.11 Å². The van der Waals surface area contributed by atoms with Crippen LogP contribution in [0, 0.1) is 0 Å². The van der Waals surface area contributed by atoms with Crippen LogP contribution in [0.5, 0.6) is 0 Å². The zero-order valence-corrected chi connectivity index (χ0v) is 11.9. The van der Waals surface area contributed by atoms with Gasteiger partial charge in [-0.25, -0.2) is 4.79 Å². The standard InChI is InChI=1S/C9H8N4O2.K/c14-9(15)8-10-12-13(11-8)6-7-4-2-1-3-5-7;/h1-5H,6H2,(H,14,15);/q;+1. The molecule has 0 saturated carbocycles. The summed E-state index contributed by atoms with van der Waals surface area (Å²) in [6, 6.07) is 9.50. The Bertz CT molecular complexity index is 471. The Kier molecular flexibility index (Phi) is 5.23. The topological polar surface area (TPSA) is 80.9 Å². The van der Waals surface area contributed by atoms with Crippen LogP contribution < -0.4 is 51.4 Å². The van der Waals surface area contributed by atoms with Gasteiger partial charge in [-0.3, -0.25) is 0 Å². The molecule has 0 unspecified atom stereocenters. The van der Waals surface area contributed by atoms with Crippen molar-refractivity contribution in [2.45, 2.75) is 6.54 Å². The number of carboxylic acid groups (broad SMARTS) is 1. The van der Waals surface area contributed by atoms with Gasteiger partial charge in [0.25, 0.3) is 5.82 Å². The van der Waals surface area contributed by atoms with Crippen molar-refractivity contribution in [1.29, 1.82) is 0 Å². The molecule has 76 valence electrons. The third-order valence-electron chi connectivity index (χ3n) is 1.81. The summed E-state index contributed by atoms with van der Waals surface area (Å²) in [4.78, 5) is 11.7. The second-order valence-corrected chi connectivity index (χ2v) is 2.93. The second kappa shape index (κ2) is 6.21. The Morgan fingerprint density at radius 2 is 2.00 bits per heavy atom. The number of nitrogens with zero attached hydrogens (tertiary/aromatic N) is 4. The summed E-state index contributed by atoms with van der Waals surface area (Å²) in [6.07, 6.45) is 0. The molecule has 0 amide bonds. The second-order valence-electron chi connectivity index (χ2n) is 2.93. The number of tetrazole rings is 1. The van der Waals surface area contributed by atoms with Gasteiger partial charge >= 0.3 is 57.4 Å². The molecule has 2 aromatic rings. The van der Waals surface area contributed by atoms with Crippen LogP contribution >= 0.6 is 0 Å². The van der Waals surface area contributed by atoms with Gasteiger partial charge in [-0.2, -0.15) is 4.80 Å². The first kappa shape index (κ1) is 13.5. The van der Waals surface area contributed by atoms with Gasteiger partial charge in [0.15, 0.2) is 0 Å². The van der Waals surface area contributed by atoms with Gasteiger partial charge in [-0.15, -0.1) is 10.2 Å². The largest absolute Gasteiger partial charge is 1.00 e. The number of hydrogen-bond acceptors (Lipinski definition) is 4. The third-order valence-corrected chi connectivity index (χ3v) is 1.81. The fourth-order valence-electron chi connectivity index (χ4n) is 1.14. The Morgan fingerprint density at radius 3 is 2.56 bits per heavy atom. The summed E-state index contributed by atoms with van der Waals surface area (Å²) in [5.41, 5.74) is 0.992. The van der Waals surface area contributed by atoms with E-state index in [2.05, 4.69) is 15.4 Å². The molecule has 0 fully saturated rings. The van der Waals surface area contributed by atoms with Crippen LogP contribution in [0.3, 0.4) is 0 Å². The van der Waals surface area contributed by atoms with Crippen molar-refractivity contribution >= 4 is 5.97 Å². The van der Waals surface area contributed by atoms with E-state index in [0.717, 1.165) is 5.56 Å². The van der Waals surface area contributed by atoms with Crippen molar-refractivity contribution < 1.29 is 61.3 Å². The number of aromatic nitrogens is 4. The molecule has 16 heavy (non-hydrogen) atoms. The van der Waals surface area contributed by atoms with E-state index < -0.39 is 5.97 Å². The molecular formula is C9H8KN4O2+. The maximum absolute atomic E-state index is 10.5. The Labute approximate surface area is 134 Å². The molecule has 0 spiro atoms. The molecule has 1 heterocycles. The predicted molar refractivity (Wildman–Crippen MR) is 50.3 cm³/mol. The summed E-state index contributed by atoms with van der Waals surface area (Å²) in [5, 5.41) is 19.3. The molecular weight excluding hydrogens is 235 g/mol. The first-order chi connectivity index (χ1) is 7.25. The van der Waals surface area contributed by atoms with E-state index in [0.29, 0.717) is 6.54 Å². The van der Waals surface area contributed by atoms with E-state index >= 15 is 0 Å². The Balaban J connectivity index is 0.00000128. The SMILES string of the molecule is O=C(O)c1nnn(Cc2ccccc2)n1.[K+]. The first-order valence-electron chi connectivity index (χ1n) is 4.31. The molecule has 0 atom stereocenters. The summed E-state index contributed by atoms with van der Waals surface area (Å²) in [7, 11) is 0. The third kappa shape index (κ3) is 3.46. The minimum atomic E-state index is -1.17. The van der Waals surface area contributed by atoms with Crippen LogP contribution in [0.2, 0.25) is 0 Å². The molecule has 0 aliphatic heterocycles. The number of hydrogen-bond donors (Lipinski definition) is 1. The predicted octanol–water partition coefficient (Wildman–Crippen LogP) is -2.58. The van der Waals surface area contributed by atoms with Crippen molar-refractivity contribution in [2.24, 2.45) is 0 Å². The van der Waals surface area contributed by atoms with Crippen LogP contribution in [0.4, 0.5) is 0 Å². The number of carbonyl (C=O) groups is 1. The minimum Gasteiger partial charge on any atom is -0.475 e. The Morgan fingerprint density at radius 1 is 1.31 bits per heavy atom. The molecule has 1 aromatic heterocycles. The number of carboxylic acids is 1. The average molecular weight is 243 g/mol. The molecule has 0 radical (unpaired) electrons. The van der Waals surface area contributed by atoms with Gasteiger partial charge in [-0.1, -0.05) is 30.3 Å². The smallest absolute Gasteiger partial charge is 0.475 e. The van der Waals surface area contributed by atoms with Crippen LogP contribution in [-0.2, 0) is 6.54 Å². The van der Waals surface area contributed by atoms with Crippen molar-refractivity contribution in [3.63, 3.8) is 0 Å². The first-order valence-corrected chi connectivity index (χ1v) is 4.31. The van der Waals surface area contributed by atoms with Crippen molar-refractivity contribution in [3.05, 3.63) is 41.7 Å². The molecule has 7 heteroatoms. The van der Waals surface area contributed by atoms with Gasteiger partial charge in [0.1, 0.15) is 0 Å². The molecule has 2 rings (SSSR count). The maximum atomic E-state index is 10.5. The zero-order chi connectivity index (χ0) is 10.7. The van der Waals surface area contributed by atoms with Crippen LogP contribution in [0.25, 0.3) is 0 Å². The number of rotatable bonds is 3. The number of benzene rings is 1. The van der Waals surface area contributed by atoms with E-state index in [1.54, 1.807) is 0 Å². The Hall–Kier alpha value is -0.604. The normalized spacial score (nSPS) is 9.50. The molecule has 0 saturated heterocycles. The van der Waals surface area contributed by atoms with Gasteiger partial charge in [0, 0.05) is 0 Å². The quantitative estimate of drug-likeness (QED) is 0.599. The molecule has 1 aromatic carbocycles. The van der Waals surface area contributed by atoms with E-state index in [9.17, 15) is 4.79 Å². The monoisotopic (exact) mass is 243 g/mol. The fourth-order valence-corrected chi connectivity index (χ4v) is 1.14. The average Bonchev–Trinajstić information content (AvgIpc) is 2.68. The van der Waals surface area contributed by atoms with Gasteiger partial charge < -0.3 is 5.11 Å². The van der Waals surface area contributed by atoms with Gasteiger partial charge in [0.2, 0.25) is 0 Å². The van der Waals surface area contributed by atoms with Gasteiger partial charge in [-0.05, 0) is 10.8 Å². The van der Waals surface area contributed by atoms with E-state index in [-0.39, 0.29) is 57.2 Å². The molecule has 6 nitrogen and oxygen atoms in total. The summed E-state index contributed by atoms with van der Waals surface area (Å²) in [6.45, 7) is 0.418. The minimum absolute atomic E-state index is 0. The van der Waals surface area contributed by atoms with Crippen LogP contribution in [0.15, 0.2) is 30.3 Å². The number of aromatic carboxylic acids is 1. The van der Waals surface area contributed by atoms with Crippen LogP contribution in [0.1, 0.15) is 16.2 Å². The summed E-state index contributed by atoms with van der Waals surface area (Å²) < 4.78 is 0. The molecule has 0 aliphatic carbocycles. The van der Waals surface area contributed by atoms with Crippen molar-refractivity contribution in [1.82, 2.24) is 20.2 Å². The van der Waals surface area contributed by atoms with Crippen molar-refractivity contribution in [2.75, 3.05) is 0 Å². The van der Waals surface area contributed by atoms with E-state index in [1.807, 2.05) is 30.3 Å². The summed E-state index contributed by atoms with van der Waals surface area (Å²) >= 11 is 0.